The summed E-state index contributed by atoms with van der Waals surface area (Å²) >= 11 is 0. The van der Waals surface area contributed by atoms with Crippen LogP contribution in [-0.4, -0.2) is 53.4 Å². The van der Waals surface area contributed by atoms with Gasteiger partial charge in [-0.2, -0.15) is 0 Å². The molecule has 1 fully saturated rings. The van der Waals surface area contributed by atoms with Gasteiger partial charge < -0.3 is 14.8 Å². The van der Waals surface area contributed by atoms with Crippen LogP contribution >= 0.6 is 0 Å². The highest BCUT2D eigenvalue weighted by atomic mass is 19.1. The van der Waals surface area contributed by atoms with Gasteiger partial charge in [-0.15, -0.1) is 0 Å². The quantitative estimate of drug-likeness (QED) is 0.615. The lowest BCUT2D eigenvalue weighted by Gasteiger charge is -2.34. The summed E-state index contributed by atoms with van der Waals surface area (Å²) < 4.78 is 13.3. The molecule has 1 aliphatic rings. The highest BCUT2D eigenvalue weighted by Gasteiger charge is 2.24. The number of carbonyl (C=O) groups is 1. The van der Waals surface area contributed by atoms with Crippen molar-refractivity contribution in [3.8, 4) is 0 Å². The number of aromatic amines is 1. The summed E-state index contributed by atoms with van der Waals surface area (Å²) in [5, 5.41) is 1.07. The first kappa shape index (κ1) is 20.6. The lowest BCUT2D eigenvalue weighted by Crippen LogP contribution is -2.41. The van der Waals surface area contributed by atoms with Gasteiger partial charge in [-0.25, -0.2) is 4.39 Å². The number of halogens is 1. The van der Waals surface area contributed by atoms with Crippen LogP contribution in [0.3, 0.4) is 0 Å². The molecule has 2 heterocycles. The minimum absolute atomic E-state index is 0.0854. The number of H-pyrrole nitrogens is 1. The van der Waals surface area contributed by atoms with Gasteiger partial charge in [0, 0.05) is 30.5 Å². The molecule has 0 bridgehead atoms. The van der Waals surface area contributed by atoms with Crippen LogP contribution in [0.1, 0.15) is 35.8 Å². The summed E-state index contributed by atoms with van der Waals surface area (Å²) in [4.78, 5) is 20.7. The molecule has 1 N–H and O–H groups in total. The molecule has 4 rings (SSSR count). The summed E-state index contributed by atoms with van der Waals surface area (Å²) in [7, 11) is 0. The molecule has 2 aromatic carbocycles. The third-order valence-corrected chi connectivity index (χ3v) is 6.22. The molecule has 3 aromatic rings. The van der Waals surface area contributed by atoms with E-state index >= 15 is 0 Å². The Morgan fingerprint density at radius 3 is 2.67 bits per heavy atom. The third kappa shape index (κ3) is 4.90. The van der Waals surface area contributed by atoms with E-state index in [2.05, 4.69) is 16.8 Å². The molecule has 1 amide bonds. The SMILES string of the molecule is CCN(CC1CCN(CCc2cccc(F)c2)CC1)C(=O)c1cc2ccccc2[nH]1. The highest BCUT2D eigenvalue weighted by Crippen LogP contribution is 2.21. The van der Waals surface area contributed by atoms with Crippen LogP contribution in [0, 0.1) is 11.7 Å². The number of amides is 1. The fourth-order valence-electron chi connectivity index (χ4n) is 4.40. The Morgan fingerprint density at radius 2 is 1.93 bits per heavy atom. The molecule has 1 aliphatic heterocycles. The largest absolute Gasteiger partial charge is 0.351 e. The molecule has 0 unspecified atom stereocenters. The summed E-state index contributed by atoms with van der Waals surface area (Å²) in [6, 6.07) is 16.8. The van der Waals surface area contributed by atoms with Crippen molar-refractivity contribution in [3.05, 3.63) is 71.7 Å². The minimum atomic E-state index is -0.162. The molecule has 158 valence electrons. The molecule has 30 heavy (non-hydrogen) atoms. The standard InChI is InChI=1S/C25H30FN3O/c1-2-29(25(30)24-17-21-7-3-4-9-23(21)27-24)18-20-11-14-28(15-12-20)13-10-19-6-5-8-22(26)16-19/h3-9,16-17,20,27H,2,10-15,18H2,1H3. The fourth-order valence-corrected chi connectivity index (χ4v) is 4.40. The summed E-state index contributed by atoms with van der Waals surface area (Å²) in [6.45, 7) is 6.61. The number of nitrogens with one attached hydrogen (secondary N) is 1. The van der Waals surface area contributed by atoms with Crippen molar-refractivity contribution in [2.45, 2.75) is 26.2 Å². The summed E-state index contributed by atoms with van der Waals surface area (Å²) in [6.07, 6.45) is 3.07. The molecule has 0 aliphatic carbocycles. The molecular formula is C25H30FN3O. The van der Waals surface area contributed by atoms with Gasteiger partial charge in [0.25, 0.3) is 5.91 Å². The van der Waals surface area contributed by atoms with E-state index in [-0.39, 0.29) is 11.7 Å². The Morgan fingerprint density at radius 1 is 1.13 bits per heavy atom. The van der Waals surface area contributed by atoms with Gasteiger partial charge in [0.05, 0.1) is 0 Å². The number of hydrogen-bond acceptors (Lipinski definition) is 2. The lowest BCUT2D eigenvalue weighted by atomic mass is 9.95. The maximum atomic E-state index is 13.3. The summed E-state index contributed by atoms with van der Waals surface area (Å²) in [5.41, 5.74) is 2.73. The predicted octanol–water partition coefficient (Wildman–Crippen LogP) is 4.72. The van der Waals surface area contributed by atoms with E-state index in [1.54, 1.807) is 12.1 Å². The van der Waals surface area contributed by atoms with E-state index in [0.717, 1.165) is 61.9 Å². The first-order valence-corrected chi connectivity index (χ1v) is 11.0. The zero-order chi connectivity index (χ0) is 20.9. The van der Waals surface area contributed by atoms with Crippen molar-refractivity contribution in [1.82, 2.24) is 14.8 Å². The normalized spacial score (nSPS) is 15.5. The van der Waals surface area contributed by atoms with Crippen LogP contribution in [-0.2, 0) is 6.42 Å². The van der Waals surface area contributed by atoms with Crippen molar-refractivity contribution in [1.29, 1.82) is 0 Å². The summed E-state index contributed by atoms with van der Waals surface area (Å²) in [5.74, 6) is 0.455. The van der Waals surface area contributed by atoms with Crippen LogP contribution < -0.4 is 0 Å². The number of carbonyl (C=O) groups excluding carboxylic acids is 1. The number of nitrogens with zero attached hydrogens (tertiary/aromatic N) is 2. The molecule has 1 aromatic heterocycles. The molecule has 5 heteroatoms. The van der Waals surface area contributed by atoms with Gasteiger partial charge in [0.2, 0.25) is 0 Å². The van der Waals surface area contributed by atoms with E-state index in [4.69, 9.17) is 0 Å². The van der Waals surface area contributed by atoms with E-state index < -0.39 is 0 Å². The van der Waals surface area contributed by atoms with E-state index in [1.165, 1.54) is 6.07 Å². The lowest BCUT2D eigenvalue weighted by molar-refractivity contribution is 0.0697. The number of piperidine rings is 1. The van der Waals surface area contributed by atoms with E-state index in [9.17, 15) is 9.18 Å². The number of aromatic nitrogens is 1. The fraction of sp³-hybridized carbons (Fsp3) is 0.400. The molecule has 1 saturated heterocycles. The van der Waals surface area contributed by atoms with Crippen molar-refractivity contribution in [2.24, 2.45) is 5.92 Å². The zero-order valence-electron chi connectivity index (χ0n) is 17.6. The maximum Gasteiger partial charge on any atom is 0.270 e. The average Bonchev–Trinajstić information content (AvgIpc) is 3.21. The number of hydrogen-bond donors (Lipinski definition) is 1. The van der Waals surface area contributed by atoms with Crippen LogP contribution in [0.25, 0.3) is 10.9 Å². The predicted molar refractivity (Wildman–Crippen MR) is 119 cm³/mol. The number of para-hydroxylation sites is 1. The minimum Gasteiger partial charge on any atom is -0.351 e. The first-order valence-electron chi connectivity index (χ1n) is 11.0. The number of likely N-dealkylation sites (tertiary alicyclic amines) is 1. The van der Waals surface area contributed by atoms with E-state index in [0.29, 0.717) is 18.2 Å². The van der Waals surface area contributed by atoms with Crippen LogP contribution in [0.15, 0.2) is 54.6 Å². The Kier molecular flexibility index (Phi) is 6.48. The monoisotopic (exact) mass is 407 g/mol. The number of benzene rings is 2. The molecule has 0 spiro atoms. The second kappa shape index (κ2) is 9.43. The van der Waals surface area contributed by atoms with Crippen LogP contribution in [0.5, 0.6) is 0 Å². The Labute approximate surface area is 177 Å². The topological polar surface area (TPSA) is 39.3 Å². The molecule has 4 nitrogen and oxygen atoms in total. The second-order valence-corrected chi connectivity index (χ2v) is 8.28. The molecule has 0 saturated carbocycles. The molecular weight excluding hydrogens is 377 g/mol. The third-order valence-electron chi connectivity index (χ3n) is 6.22. The smallest absolute Gasteiger partial charge is 0.270 e. The first-order chi connectivity index (χ1) is 14.6. The Balaban J connectivity index is 1.28. The van der Waals surface area contributed by atoms with Crippen molar-refractivity contribution in [2.75, 3.05) is 32.7 Å². The Hall–Kier alpha value is -2.66. The van der Waals surface area contributed by atoms with E-state index in [1.807, 2.05) is 41.3 Å². The average molecular weight is 408 g/mol. The molecule has 0 atom stereocenters. The van der Waals surface area contributed by atoms with Gasteiger partial charge >= 0.3 is 0 Å². The number of rotatable bonds is 7. The van der Waals surface area contributed by atoms with Gasteiger partial charge in [-0.05, 0) is 75.0 Å². The number of fused-ring (bicyclic) bond motifs is 1. The van der Waals surface area contributed by atoms with Crippen LogP contribution in [0.4, 0.5) is 4.39 Å². The highest BCUT2D eigenvalue weighted by molar-refractivity contribution is 5.98. The maximum absolute atomic E-state index is 13.3. The van der Waals surface area contributed by atoms with Crippen molar-refractivity contribution in [3.63, 3.8) is 0 Å². The van der Waals surface area contributed by atoms with Gasteiger partial charge in [-0.3, -0.25) is 4.79 Å². The molecule has 0 radical (unpaired) electrons. The van der Waals surface area contributed by atoms with Crippen molar-refractivity contribution < 1.29 is 9.18 Å². The van der Waals surface area contributed by atoms with Gasteiger partial charge in [-0.1, -0.05) is 30.3 Å². The van der Waals surface area contributed by atoms with Crippen LogP contribution in [0.2, 0.25) is 0 Å². The van der Waals surface area contributed by atoms with Gasteiger partial charge in [0.1, 0.15) is 11.5 Å². The van der Waals surface area contributed by atoms with Gasteiger partial charge in [0.15, 0.2) is 0 Å². The van der Waals surface area contributed by atoms with Crippen molar-refractivity contribution >= 4 is 16.8 Å². The Bertz CT molecular complexity index is 958. The zero-order valence-corrected chi connectivity index (χ0v) is 17.6. The second-order valence-electron chi connectivity index (χ2n) is 8.28.